The number of hydrogen-bond acceptors (Lipinski definition) is 3. The maximum atomic E-state index is 6.10. The monoisotopic (exact) mass is 309 g/mol. The molecule has 1 saturated heterocycles. The van der Waals surface area contributed by atoms with E-state index >= 15 is 0 Å². The molecular formula is C17H28ClN3. The van der Waals surface area contributed by atoms with Crippen molar-refractivity contribution in [3.8, 4) is 0 Å². The first-order valence-corrected chi connectivity index (χ1v) is 8.41. The molecule has 3 nitrogen and oxygen atoms in total. The first-order valence-electron chi connectivity index (χ1n) is 8.03. The lowest BCUT2D eigenvalue weighted by Gasteiger charge is -2.39. The third-order valence-corrected chi connectivity index (χ3v) is 4.82. The molecule has 1 aromatic carbocycles. The lowest BCUT2D eigenvalue weighted by molar-refractivity contribution is 0.0854. The summed E-state index contributed by atoms with van der Waals surface area (Å²) in [7, 11) is 2.03. The third kappa shape index (κ3) is 4.68. The molecule has 2 rings (SSSR count). The average Bonchev–Trinajstić information content (AvgIpc) is 2.48. The van der Waals surface area contributed by atoms with Crippen molar-refractivity contribution in [1.29, 1.82) is 0 Å². The second-order valence-corrected chi connectivity index (χ2v) is 6.40. The van der Waals surface area contributed by atoms with Crippen LogP contribution in [0.25, 0.3) is 0 Å². The minimum Gasteiger partial charge on any atom is -0.313 e. The Bertz CT molecular complexity index is 438. The maximum Gasteiger partial charge on any atom is 0.0409 e. The van der Waals surface area contributed by atoms with Crippen LogP contribution in [0.3, 0.4) is 0 Å². The zero-order valence-electron chi connectivity index (χ0n) is 13.5. The molecule has 21 heavy (non-hydrogen) atoms. The van der Waals surface area contributed by atoms with Gasteiger partial charge in [-0.25, -0.2) is 0 Å². The highest BCUT2D eigenvalue weighted by Gasteiger charge is 2.22. The number of hydrogen-bond donors (Lipinski definition) is 1. The van der Waals surface area contributed by atoms with Crippen molar-refractivity contribution in [2.24, 2.45) is 0 Å². The predicted octanol–water partition coefficient (Wildman–Crippen LogP) is 3.02. The fourth-order valence-corrected chi connectivity index (χ4v) is 3.45. The average molecular weight is 310 g/mol. The first-order chi connectivity index (χ1) is 10.1. The van der Waals surface area contributed by atoms with Crippen LogP contribution in [-0.4, -0.2) is 55.6 Å². The normalized spacial score (nSPS) is 22.4. The van der Waals surface area contributed by atoms with Gasteiger partial charge in [0.2, 0.25) is 0 Å². The van der Waals surface area contributed by atoms with E-state index in [0.29, 0.717) is 12.1 Å². The fourth-order valence-electron chi connectivity index (χ4n) is 3.26. The van der Waals surface area contributed by atoms with E-state index in [1.165, 1.54) is 25.2 Å². The van der Waals surface area contributed by atoms with Crippen molar-refractivity contribution >= 4 is 11.6 Å². The van der Waals surface area contributed by atoms with E-state index in [4.69, 9.17) is 11.6 Å². The molecule has 0 radical (unpaired) electrons. The second kappa shape index (κ2) is 8.14. The topological polar surface area (TPSA) is 18.5 Å². The van der Waals surface area contributed by atoms with Crippen molar-refractivity contribution in [2.75, 3.05) is 39.8 Å². The summed E-state index contributed by atoms with van der Waals surface area (Å²) in [5.41, 5.74) is 1.28. The molecule has 4 heteroatoms. The third-order valence-electron chi connectivity index (χ3n) is 4.59. The number of likely N-dealkylation sites (N-methyl/N-ethyl adjacent to an activating group) is 1. The molecule has 1 heterocycles. The lowest BCUT2D eigenvalue weighted by Crippen LogP contribution is -2.51. The Labute approximate surface area is 134 Å². The first kappa shape index (κ1) is 16.8. The van der Waals surface area contributed by atoms with Crippen molar-refractivity contribution in [1.82, 2.24) is 15.1 Å². The summed E-state index contributed by atoms with van der Waals surface area (Å²) < 4.78 is 0. The van der Waals surface area contributed by atoms with Gasteiger partial charge in [0.05, 0.1) is 0 Å². The van der Waals surface area contributed by atoms with Crippen LogP contribution >= 0.6 is 11.6 Å². The molecule has 1 fully saturated rings. The van der Waals surface area contributed by atoms with Gasteiger partial charge in [-0.05, 0) is 44.6 Å². The van der Waals surface area contributed by atoms with Gasteiger partial charge in [0, 0.05) is 43.3 Å². The number of rotatable bonds is 6. The van der Waals surface area contributed by atoms with Crippen LogP contribution in [0, 0.1) is 0 Å². The molecule has 0 bridgehead atoms. The van der Waals surface area contributed by atoms with E-state index in [-0.39, 0.29) is 0 Å². The predicted molar refractivity (Wildman–Crippen MR) is 91.0 cm³/mol. The van der Waals surface area contributed by atoms with E-state index in [1.54, 1.807) is 0 Å². The van der Waals surface area contributed by atoms with Gasteiger partial charge in [0.1, 0.15) is 0 Å². The number of nitrogens with one attached hydrogen (secondary N) is 1. The fraction of sp³-hybridized carbons (Fsp3) is 0.647. The van der Waals surface area contributed by atoms with Crippen LogP contribution in [-0.2, 0) is 0 Å². The molecule has 0 aromatic heterocycles. The molecule has 1 aliphatic heterocycles. The highest BCUT2D eigenvalue weighted by Crippen LogP contribution is 2.21. The molecule has 1 aliphatic rings. The van der Waals surface area contributed by atoms with Gasteiger partial charge in [-0.1, -0.05) is 30.7 Å². The van der Waals surface area contributed by atoms with E-state index in [9.17, 15) is 0 Å². The zero-order chi connectivity index (χ0) is 15.2. The van der Waals surface area contributed by atoms with E-state index < -0.39 is 0 Å². The molecule has 2 atom stereocenters. The Balaban J connectivity index is 1.86. The molecule has 2 unspecified atom stereocenters. The summed E-state index contributed by atoms with van der Waals surface area (Å²) >= 11 is 6.10. The second-order valence-electron chi connectivity index (χ2n) is 5.96. The molecule has 0 spiro atoms. The molecule has 0 aliphatic carbocycles. The van der Waals surface area contributed by atoms with Crippen molar-refractivity contribution < 1.29 is 0 Å². The Morgan fingerprint density at radius 2 is 2.19 bits per heavy atom. The highest BCUT2D eigenvalue weighted by atomic mass is 35.5. The number of piperazine rings is 1. The molecule has 1 N–H and O–H groups in total. The summed E-state index contributed by atoms with van der Waals surface area (Å²) in [4.78, 5) is 5.15. The number of benzene rings is 1. The van der Waals surface area contributed by atoms with Crippen LogP contribution in [0.5, 0.6) is 0 Å². The maximum absolute atomic E-state index is 6.10. The Hall–Kier alpha value is -0.610. The summed E-state index contributed by atoms with van der Waals surface area (Å²) in [6.45, 7) is 10.4. The SMILES string of the molecule is CCN1CCN(CCC(NC)c2cccc(Cl)c2)CC1C. The van der Waals surface area contributed by atoms with E-state index in [2.05, 4.69) is 41.1 Å². The van der Waals surface area contributed by atoms with Crippen molar-refractivity contribution in [3.05, 3.63) is 34.9 Å². The minimum absolute atomic E-state index is 0.378. The minimum atomic E-state index is 0.378. The number of halogens is 1. The van der Waals surface area contributed by atoms with Gasteiger partial charge in [0.25, 0.3) is 0 Å². The van der Waals surface area contributed by atoms with Crippen LogP contribution in [0.15, 0.2) is 24.3 Å². The highest BCUT2D eigenvalue weighted by molar-refractivity contribution is 6.30. The molecular weight excluding hydrogens is 282 g/mol. The van der Waals surface area contributed by atoms with E-state index in [1.807, 2.05) is 19.2 Å². The molecule has 0 saturated carbocycles. The van der Waals surface area contributed by atoms with Crippen LogP contribution < -0.4 is 5.32 Å². The van der Waals surface area contributed by atoms with E-state index in [0.717, 1.165) is 24.5 Å². The quantitative estimate of drug-likeness (QED) is 0.871. The van der Waals surface area contributed by atoms with Gasteiger partial charge in [-0.2, -0.15) is 0 Å². The zero-order valence-corrected chi connectivity index (χ0v) is 14.2. The summed E-state index contributed by atoms with van der Waals surface area (Å²) in [6.07, 6.45) is 1.12. The van der Waals surface area contributed by atoms with Gasteiger partial charge in [-0.15, -0.1) is 0 Å². The summed E-state index contributed by atoms with van der Waals surface area (Å²) in [6, 6.07) is 9.24. The Morgan fingerprint density at radius 1 is 1.38 bits per heavy atom. The summed E-state index contributed by atoms with van der Waals surface area (Å²) in [5, 5.41) is 4.24. The number of nitrogens with zero attached hydrogens (tertiary/aromatic N) is 2. The van der Waals surface area contributed by atoms with Crippen molar-refractivity contribution in [2.45, 2.75) is 32.4 Å². The molecule has 118 valence electrons. The van der Waals surface area contributed by atoms with Crippen molar-refractivity contribution in [3.63, 3.8) is 0 Å². The van der Waals surface area contributed by atoms with Crippen LogP contribution in [0.1, 0.15) is 31.9 Å². The largest absolute Gasteiger partial charge is 0.313 e. The Morgan fingerprint density at radius 3 is 2.81 bits per heavy atom. The van der Waals surface area contributed by atoms with Gasteiger partial charge in [0.15, 0.2) is 0 Å². The van der Waals surface area contributed by atoms with Crippen LogP contribution in [0.2, 0.25) is 5.02 Å². The smallest absolute Gasteiger partial charge is 0.0409 e. The molecule has 0 amide bonds. The standard InChI is InChI=1S/C17H28ClN3/c1-4-21-11-10-20(13-14(21)2)9-8-17(19-3)15-6-5-7-16(18)12-15/h5-7,12,14,17,19H,4,8-11,13H2,1-3H3. The Kier molecular flexibility index (Phi) is 6.49. The lowest BCUT2D eigenvalue weighted by atomic mass is 10.0. The van der Waals surface area contributed by atoms with Gasteiger partial charge < -0.3 is 10.2 Å². The molecule has 1 aromatic rings. The van der Waals surface area contributed by atoms with Gasteiger partial charge >= 0.3 is 0 Å². The van der Waals surface area contributed by atoms with Gasteiger partial charge in [-0.3, -0.25) is 4.90 Å². The van der Waals surface area contributed by atoms with Crippen LogP contribution in [0.4, 0.5) is 0 Å². The summed E-state index contributed by atoms with van der Waals surface area (Å²) in [5.74, 6) is 0.